The SMILES string of the molecule is CCC(C)N1CCN(CCC(=O)c2ccccc2Br)CC1. The van der Waals surface area contributed by atoms with Gasteiger partial charge in [0.05, 0.1) is 0 Å². The monoisotopic (exact) mass is 352 g/mol. The zero-order valence-electron chi connectivity index (χ0n) is 13.0. The van der Waals surface area contributed by atoms with Gasteiger partial charge in [-0.1, -0.05) is 41.1 Å². The van der Waals surface area contributed by atoms with E-state index in [-0.39, 0.29) is 5.78 Å². The van der Waals surface area contributed by atoms with Crippen LogP contribution in [0.4, 0.5) is 0 Å². The van der Waals surface area contributed by atoms with Gasteiger partial charge in [-0.2, -0.15) is 0 Å². The summed E-state index contributed by atoms with van der Waals surface area (Å²) in [5.41, 5.74) is 0.802. The summed E-state index contributed by atoms with van der Waals surface area (Å²) in [5, 5.41) is 0. The summed E-state index contributed by atoms with van der Waals surface area (Å²) in [5.74, 6) is 0.229. The quantitative estimate of drug-likeness (QED) is 0.732. The zero-order chi connectivity index (χ0) is 15.2. The molecule has 1 heterocycles. The molecule has 0 radical (unpaired) electrons. The molecule has 4 heteroatoms. The van der Waals surface area contributed by atoms with Crippen LogP contribution in [0.5, 0.6) is 0 Å². The second-order valence-corrected chi connectivity index (χ2v) is 6.64. The van der Waals surface area contributed by atoms with Crippen LogP contribution in [0, 0.1) is 0 Å². The normalized spacial score (nSPS) is 18.6. The first-order valence-electron chi connectivity index (χ1n) is 7.86. The Hall–Kier alpha value is -0.710. The van der Waals surface area contributed by atoms with E-state index < -0.39 is 0 Å². The number of benzene rings is 1. The third-order valence-electron chi connectivity index (χ3n) is 4.45. The summed E-state index contributed by atoms with van der Waals surface area (Å²) >= 11 is 3.45. The van der Waals surface area contributed by atoms with Gasteiger partial charge < -0.3 is 4.90 Å². The third-order valence-corrected chi connectivity index (χ3v) is 5.14. The van der Waals surface area contributed by atoms with E-state index in [4.69, 9.17) is 0 Å². The van der Waals surface area contributed by atoms with Crippen LogP contribution in [0.1, 0.15) is 37.0 Å². The Kier molecular flexibility index (Phi) is 6.40. The highest BCUT2D eigenvalue weighted by Gasteiger charge is 2.20. The molecule has 1 unspecified atom stereocenters. The van der Waals surface area contributed by atoms with Gasteiger partial charge in [0.1, 0.15) is 0 Å². The molecule has 3 nitrogen and oxygen atoms in total. The number of halogens is 1. The summed E-state index contributed by atoms with van der Waals surface area (Å²) < 4.78 is 0.900. The maximum atomic E-state index is 12.3. The number of Topliss-reactive ketones (excluding diaryl/α,β-unsaturated/α-hetero) is 1. The van der Waals surface area contributed by atoms with E-state index in [1.54, 1.807) is 0 Å². The molecule has 1 saturated heterocycles. The molecule has 2 rings (SSSR count). The van der Waals surface area contributed by atoms with Gasteiger partial charge in [-0.05, 0) is 19.4 Å². The van der Waals surface area contributed by atoms with Crippen LogP contribution in [0.25, 0.3) is 0 Å². The maximum absolute atomic E-state index is 12.3. The van der Waals surface area contributed by atoms with Gasteiger partial charge in [0.2, 0.25) is 0 Å². The van der Waals surface area contributed by atoms with Crippen LogP contribution < -0.4 is 0 Å². The number of carbonyl (C=O) groups excluding carboxylic acids is 1. The van der Waals surface area contributed by atoms with Gasteiger partial charge in [-0.3, -0.25) is 9.69 Å². The fraction of sp³-hybridized carbons (Fsp3) is 0.588. The molecule has 1 aromatic rings. The molecule has 1 atom stereocenters. The third kappa shape index (κ3) is 4.63. The smallest absolute Gasteiger partial charge is 0.165 e. The second kappa shape index (κ2) is 8.06. The molecular formula is C17H25BrN2O. The number of ketones is 1. The predicted molar refractivity (Wildman–Crippen MR) is 90.9 cm³/mol. The number of hydrogen-bond donors (Lipinski definition) is 0. The second-order valence-electron chi connectivity index (χ2n) is 5.79. The molecule has 0 spiro atoms. The van der Waals surface area contributed by atoms with Crippen LogP contribution in [0.15, 0.2) is 28.7 Å². The van der Waals surface area contributed by atoms with Crippen LogP contribution in [-0.4, -0.2) is 54.3 Å². The van der Waals surface area contributed by atoms with Gasteiger partial charge >= 0.3 is 0 Å². The Balaban J connectivity index is 1.77. The Labute approximate surface area is 136 Å². The highest BCUT2D eigenvalue weighted by Crippen LogP contribution is 2.18. The molecule has 0 saturated carbocycles. The van der Waals surface area contributed by atoms with Crippen molar-refractivity contribution in [2.24, 2.45) is 0 Å². The molecule has 0 bridgehead atoms. The van der Waals surface area contributed by atoms with Crippen LogP contribution in [-0.2, 0) is 0 Å². The zero-order valence-corrected chi connectivity index (χ0v) is 14.6. The largest absolute Gasteiger partial charge is 0.300 e. The van der Waals surface area contributed by atoms with Crippen LogP contribution in [0.2, 0.25) is 0 Å². The first-order chi connectivity index (χ1) is 10.1. The van der Waals surface area contributed by atoms with E-state index in [1.807, 2.05) is 24.3 Å². The molecule has 1 aliphatic heterocycles. The lowest BCUT2D eigenvalue weighted by Gasteiger charge is -2.37. The van der Waals surface area contributed by atoms with E-state index in [0.29, 0.717) is 12.5 Å². The topological polar surface area (TPSA) is 23.6 Å². The van der Waals surface area contributed by atoms with Crippen molar-refractivity contribution in [3.8, 4) is 0 Å². The average molecular weight is 353 g/mol. The highest BCUT2D eigenvalue weighted by atomic mass is 79.9. The van der Waals surface area contributed by atoms with Crippen molar-refractivity contribution >= 4 is 21.7 Å². The van der Waals surface area contributed by atoms with Gasteiger partial charge in [-0.15, -0.1) is 0 Å². The van der Waals surface area contributed by atoms with E-state index in [1.165, 1.54) is 6.42 Å². The minimum Gasteiger partial charge on any atom is -0.300 e. The minimum atomic E-state index is 0.229. The van der Waals surface area contributed by atoms with Crippen LogP contribution >= 0.6 is 15.9 Å². The molecule has 116 valence electrons. The van der Waals surface area contributed by atoms with Crippen molar-refractivity contribution in [3.05, 3.63) is 34.3 Å². The molecular weight excluding hydrogens is 328 g/mol. The van der Waals surface area contributed by atoms with E-state index >= 15 is 0 Å². The summed E-state index contributed by atoms with van der Waals surface area (Å²) in [7, 11) is 0. The maximum Gasteiger partial charge on any atom is 0.165 e. The first-order valence-corrected chi connectivity index (χ1v) is 8.65. The molecule has 1 aliphatic rings. The fourth-order valence-electron chi connectivity index (χ4n) is 2.77. The van der Waals surface area contributed by atoms with Crippen molar-refractivity contribution in [2.45, 2.75) is 32.7 Å². The predicted octanol–water partition coefficient (Wildman–Crippen LogP) is 3.44. The average Bonchev–Trinajstić information content (AvgIpc) is 2.52. The number of rotatable bonds is 6. The highest BCUT2D eigenvalue weighted by molar-refractivity contribution is 9.10. The van der Waals surface area contributed by atoms with E-state index in [0.717, 1.165) is 42.8 Å². The molecule has 0 N–H and O–H groups in total. The lowest BCUT2D eigenvalue weighted by atomic mass is 10.1. The van der Waals surface area contributed by atoms with Gasteiger partial charge in [0.25, 0.3) is 0 Å². The summed E-state index contributed by atoms with van der Waals surface area (Å²) in [6.07, 6.45) is 1.81. The van der Waals surface area contributed by atoms with Crippen molar-refractivity contribution in [2.75, 3.05) is 32.7 Å². The summed E-state index contributed by atoms with van der Waals surface area (Å²) in [4.78, 5) is 17.2. The Bertz CT molecular complexity index is 470. The lowest BCUT2D eigenvalue weighted by Crippen LogP contribution is -2.49. The van der Waals surface area contributed by atoms with Crippen molar-refractivity contribution in [3.63, 3.8) is 0 Å². The Morgan fingerprint density at radius 1 is 1.24 bits per heavy atom. The lowest BCUT2D eigenvalue weighted by molar-refractivity contribution is 0.0866. The van der Waals surface area contributed by atoms with E-state index in [2.05, 4.69) is 39.6 Å². The van der Waals surface area contributed by atoms with Gasteiger partial charge in [0, 0.05) is 55.2 Å². The van der Waals surface area contributed by atoms with Crippen molar-refractivity contribution in [1.29, 1.82) is 0 Å². The number of nitrogens with zero attached hydrogens (tertiary/aromatic N) is 2. The number of hydrogen-bond acceptors (Lipinski definition) is 3. The molecule has 0 amide bonds. The van der Waals surface area contributed by atoms with Crippen molar-refractivity contribution < 1.29 is 4.79 Å². The summed E-state index contributed by atoms with van der Waals surface area (Å²) in [6.45, 7) is 9.81. The Morgan fingerprint density at radius 2 is 1.90 bits per heavy atom. The number of piperazine rings is 1. The van der Waals surface area contributed by atoms with Gasteiger partial charge in [0.15, 0.2) is 5.78 Å². The molecule has 0 aliphatic carbocycles. The minimum absolute atomic E-state index is 0.229. The van der Waals surface area contributed by atoms with E-state index in [9.17, 15) is 4.79 Å². The molecule has 1 fully saturated rings. The first kappa shape index (κ1) is 16.7. The summed E-state index contributed by atoms with van der Waals surface area (Å²) in [6, 6.07) is 8.36. The molecule has 1 aromatic carbocycles. The Morgan fingerprint density at radius 3 is 2.52 bits per heavy atom. The fourth-order valence-corrected chi connectivity index (χ4v) is 3.27. The molecule has 0 aromatic heterocycles. The van der Waals surface area contributed by atoms with Gasteiger partial charge in [-0.25, -0.2) is 0 Å². The number of carbonyl (C=O) groups is 1. The van der Waals surface area contributed by atoms with Crippen LogP contribution in [0.3, 0.4) is 0 Å². The van der Waals surface area contributed by atoms with Crippen molar-refractivity contribution in [1.82, 2.24) is 9.80 Å². The molecule has 21 heavy (non-hydrogen) atoms. The standard InChI is InChI=1S/C17H25BrN2O/c1-3-14(2)20-12-10-19(11-13-20)9-8-17(21)15-6-4-5-7-16(15)18/h4-7,14H,3,8-13H2,1-2H3.